The standard InChI is InChI=1S/C17H24FNO/c1-3-13-4-10-16(11-5-13)19(2)12-17(20)14-6-8-15(18)9-7-14/h6-9,13,16H,3-5,10-12H2,1-2H3. The molecule has 0 unspecified atom stereocenters. The van der Waals surface area contributed by atoms with E-state index in [1.54, 1.807) is 12.1 Å². The van der Waals surface area contributed by atoms with Crippen LogP contribution >= 0.6 is 0 Å². The molecule has 1 fully saturated rings. The predicted octanol–water partition coefficient (Wildman–Crippen LogP) is 3.91. The molecule has 0 aliphatic heterocycles. The Bertz CT molecular complexity index is 435. The molecule has 1 aliphatic rings. The van der Waals surface area contributed by atoms with Crippen LogP contribution in [0.2, 0.25) is 0 Å². The number of Topliss-reactive ketones (excluding diaryl/α,β-unsaturated/α-hetero) is 1. The van der Waals surface area contributed by atoms with Gasteiger partial charge < -0.3 is 0 Å². The summed E-state index contributed by atoms with van der Waals surface area (Å²) in [7, 11) is 2.03. The summed E-state index contributed by atoms with van der Waals surface area (Å²) in [6.07, 6.45) is 6.19. The van der Waals surface area contributed by atoms with Crippen molar-refractivity contribution in [2.45, 2.75) is 45.1 Å². The van der Waals surface area contributed by atoms with Crippen LogP contribution in [0.1, 0.15) is 49.4 Å². The van der Waals surface area contributed by atoms with Crippen molar-refractivity contribution in [1.82, 2.24) is 4.90 Å². The van der Waals surface area contributed by atoms with Crippen LogP contribution in [0.3, 0.4) is 0 Å². The van der Waals surface area contributed by atoms with E-state index in [2.05, 4.69) is 11.8 Å². The van der Waals surface area contributed by atoms with Gasteiger partial charge in [-0.3, -0.25) is 9.69 Å². The average molecular weight is 277 g/mol. The molecule has 2 rings (SSSR count). The van der Waals surface area contributed by atoms with E-state index in [-0.39, 0.29) is 11.6 Å². The lowest BCUT2D eigenvalue weighted by Gasteiger charge is -2.34. The second-order valence-electron chi connectivity index (χ2n) is 5.93. The fourth-order valence-corrected chi connectivity index (χ4v) is 3.08. The second kappa shape index (κ2) is 6.98. The molecule has 20 heavy (non-hydrogen) atoms. The van der Waals surface area contributed by atoms with Crippen molar-refractivity contribution in [2.24, 2.45) is 5.92 Å². The van der Waals surface area contributed by atoms with Gasteiger partial charge in [-0.05, 0) is 62.9 Å². The molecule has 1 aliphatic carbocycles. The van der Waals surface area contributed by atoms with E-state index in [9.17, 15) is 9.18 Å². The molecule has 0 N–H and O–H groups in total. The first-order chi connectivity index (χ1) is 9.60. The van der Waals surface area contributed by atoms with Crippen molar-refractivity contribution >= 4 is 5.78 Å². The minimum atomic E-state index is -0.298. The van der Waals surface area contributed by atoms with Crippen LogP contribution in [-0.2, 0) is 0 Å². The molecule has 3 heteroatoms. The zero-order chi connectivity index (χ0) is 14.5. The molecule has 0 saturated heterocycles. The second-order valence-corrected chi connectivity index (χ2v) is 5.93. The minimum absolute atomic E-state index is 0.0742. The molecule has 1 saturated carbocycles. The predicted molar refractivity (Wildman–Crippen MR) is 79.4 cm³/mol. The van der Waals surface area contributed by atoms with Gasteiger partial charge >= 0.3 is 0 Å². The number of hydrogen-bond acceptors (Lipinski definition) is 2. The van der Waals surface area contributed by atoms with E-state index >= 15 is 0 Å². The number of halogens is 1. The van der Waals surface area contributed by atoms with Crippen molar-refractivity contribution in [2.75, 3.05) is 13.6 Å². The Morgan fingerprint density at radius 1 is 1.20 bits per heavy atom. The molecule has 0 amide bonds. The number of carbonyl (C=O) groups excluding carboxylic acids is 1. The van der Waals surface area contributed by atoms with Gasteiger partial charge in [-0.2, -0.15) is 0 Å². The van der Waals surface area contributed by atoms with Crippen molar-refractivity contribution in [3.8, 4) is 0 Å². The smallest absolute Gasteiger partial charge is 0.176 e. The van der Waals surface area contributed by atoms with E-state index in [1.165, 1.54) is 44.2 Å². The highest BCUT2D eigenvalue weighted by Crippen LogP contribution is 2.28. The Kier molecular flexibility index (Phi) is 5.30. The van der Waals surface area contributed by atoms with Crippen LogP contribution in [-0.4, -0.2) is 30.3 Å². The maximum atomic E-state index is 12.9. The van der Waals surface area contributed by atoms with Crippen molar-refractivity contribution in [3.63, 3.8) is 0 Å². The largest absolute Gasteiger partial charge is 0.296 e. The zero-order valence-electron chi connectivity index (χ0n) is 12.4. The number of hydrogen-bond donors (Lipinski definition) is 0. The number of ketones is 1. The summed E-state index contributed by atoms with van der Waals surface area (Å²) in [4.78, 5) is 14.3. The SMILES string of the molecule is CCC1CCC(N(C)CC(=O)c2ccc(F)cc2)CC1. The highest BCUT2D eigenvalue weighted by Gasteiger charge is 2.24. The highest BCUT2D eigenvalue weighted by molar-refractivity contribution is 5.97. The van der Waals surface area contributed by atoms with Crippen molar-refractivity contribution in [3.05, 3.63) is 35.6 Å². The van der Waals surface area contributed by atoms with Gasteiger partial charge in [-0.25, -0.2) is 4.39 Å². The van der Waals surface area contributed by atoms with E-state index in [0.29, 0.717) is 18.2 Å². The third kappa shape index (κ3) is 3.89. The molecule has 1 aromatic rings. The maximum Gasteiger partial charge on any atom is 0.176 e. The number of benzene rings is 1. The summed E-state index contributed by atoms with van der Waals surface area (Å²) < 4.78 is 12.9. The molecule has 0 heterocycles. The third-order valence-electron chi connectivity index (χ3n) is 4.58. The van der Waals surface area contributed by atoms with Crippen LogP contribution in [0, 0.1) is 11.7 Å². The van der Waals surface area contributed by atoms with Gasteiger partial charge in [0, 0.05) is 11.6 Å². The topological polar surface area (TPSA) is 20.3 Å². The Labute approximate surface area is 121 Å². The molecule has 2 nitrogen and oxygen atoms in total. The van der Waals surface area contributed by atoms with Crippen LogP contribution in [0.5, 0.6) is 0 Å². The molecule has 0 radical (unpaired) electrons. The molecule has 110 valence electrons. The minimum Gasteiger partial charge on any atom is -0.296 e. The lowest BCUT2D eigenvalue weighted by molar-refractivity contribution is 0.0885. The zero-order valence-corrected chi connectivity index (χ0v) is 12.4. The highest BCUT2D eigenvalue weighted by atomic mass is 19.1. The summed E-state index contributed by atoms with van der Waals surface area (Å²) in [6, 6.07) is 6.35. The van der Waals surface area contributed by atoms with Crippen molar-refractivity contribution in [1.29, 1.82) is 0 Å². The van der Waals surface area contributed by atoms with Gasteiger partial charge in [0.25, 0.3) is 0 Å². The van der Waals surface area contributed by atoms with Gasteiger partial charge in [0.15, 0.2) is 5.78 Å². The molecule has 0 spiro atoms. The average Bonchev–Trinajstić information content (AvgIpc) is 2.48. The fraction of sp³-hybridized carbons (Fsp3) is 0.588. The van der Waals surface area contributed by atoms with Gasteiger partial charge in [0.1, 0.15) is 5.82 Å². The summed E-state index contributed by atoms with van der Waals surface area (Å²) in [5.74, 6) is 0.644. The molecule has 0 bridgehead atoms. The van der Waals surface area contributed by atoms with E-state index in [4.69, 9.17) is 0 Å². The van der Waals surface area contributed by atoms with Crippen molar-refractivity contribution < 1.29 is 9.18 Å². The normalized spacial score (nSPS) is 23.0. The fourth-order valence-electron chi connectivity index (χ4n) is 3.08. The summed E-state index contributed by atoms with van der Waals surface area (Å²) in [5, 5.41) is 0. The van der Waals surface area contributed by atoms with E-state index < -0.39 is 0 Å². The first-order valence-electron chi connectivity index (χ1n) is 7.59. The van der Waals surface area contributed by atoms with Gasteiger partial charge in [-0.15, -0.1) is 0 Å². The summed E-state index contributed by atoms with van der Waals surface area (Å²) in [5.41, 5.74) is 0.598. The number of nitrogens with zero attached hydrogens (tertiary/aromatic N) is 1. The van der Waals surface area contributed by atoms with Crippen LogP contribution in [0.15, 0.2) is 24.3 Å². The lowest BCUT2D eigenvalue weighted by atomic mass is 9.84. The molecular weight excluding hydrogens is 253 g/mol. The lowest BCUT2D eigenvalue weighted by Crippen LogP contribution is -2.38. The van der Waals surface area contributed by atoms with Gasteiger partial charge in [-0.1, -0.05) is 13.3 Å². The quantitative estimate of drug-likeness (QED) is 0.761. The van der Waals surface area contributed by atoms with Gasteiger partial charge in [0.05, 0.1) is 6.54 Å². The Morgan fingerprint density at radius 2 is 1.80 bits per heavy atom. The Balaban J connectivity index is 1.86. The monoisotopic (exact) mass is 277 g/mol. The Morgan fingerprint density at radius 3 is 2.35 bits per heavy atom. The van der Waals surface area contributed by atoms with Crippen LogP contribution in [0.4, 0.5) is 4.39 Å². The molecule has 1 aromatic carbocycles. The maximum absolute atomic E-state index is 12.9. The van der Waals surface area contributed by atoms with Crippen LogP contribution in [0.25, 0.3) is 0 Å². The van der Waals surface area contributed by atoms with E-state index in [0.717, 1.165) is 5.92 Å². The number of likely N-dealkylation sites (N-methyl/N-ethyl adjacent to an activating group) is 1. The molecule has 0 aromatic heterocycles. The summed E-state index contributed by atoms with van der Waals surface area (Å²) in [6.45, 7) is 2.68. The molecule has 0 atom stereocenters. The summed E-state index contributed by atoms with van der Waals surface area (Å²) >= 11 is 0. The van der Waals surface area contributed by atoms with Gasteiger partial charge in [0.2, 0.25) is 0 Å². The number of carbonyl (C=O) groups is 1. The van der Waals surface area contributed by atoms with E-state index in [1.807, 2.05) is 7.05 Å². The third-order valence-corrected chi connectivity index (χ3v) is 4.58. The Hall–Kier alpha value is -1.22. The van der Waals surface area contributed by atoms with Crippen LogP contribution < -0.4 is 0 Å². The number of rotatable bonds is 5. The first-order valence-corrected chi connectivity index (χ1v) is 7.59. The molecular formula is C17H24FNO. The first kappa shape index (κ1) is 15.2.